The molecule has 4 aromatic rings. The number of anilines is 1. The van der Waals surface area contributed by atoms with E-state index in [2.05, 4.69) is 30.6 Å². The predicted molar refractivity (Wildman–Crippen MR) is 110 cm³/mol. The molecule has 7 nitrogen and oxygen atoms in total. The summed E-state index contributed by atoms with van der Waals surface area (Å²) in [6.45, 7) is 2.46. The first-order chi connectivity index (χ1) is 13.7. The number of nitrogens with one attached hydrogen (secondary N) is 2. The number of fused-ring (bicyclic) bond motifs is 1. The minimum absolute atomic E-state index is 0.0174. The monoisotopic (exact) mass is 392 g/mol. The van der Waals surface area contributed by atoms with Crippen molar-refractivity contribution in [2.75, 3.05) is 5.32 Å². The lowest BCUT2D eigenvalue weighted by atomic mass is 10.1. The van der Waals surface area contributed by atoms with Crippen molar-refractivity contribution >= 4 is 27.5 Å². The largest absolute Gasteiger partial charge is 0.373 e. The van der Waals surface area contributed by atoms with Gasteiger partial charge in [0, 0.05) is 25.1 Å². The molecular weight excluding hydrogens is 372 g/mol. The van der Waals surface area contributed by atoms with Gasteiger partial charge in [-0.1, -0.05) is 12.1 Å². The summed E-state index contributed by atoms with van der Waals surface area (Å²) in [6.07, 6.45) is 4.35. The zero-order valence-electron chi connectivity index (χ0n) is 15.3. The Morgan fingerprint density at radius 2 is 2.04 bits per heavy atom. The van der Waals surface area contributed by atoms with Crippen LogP contribution < -0.4 is 10.6 Å². The van der Waals surface area contributed by atoms with Crippen LogP contribution in [0.3, 0.4) is 0 Å². The number of aromatic nitrogens is 4. The van der Waals surface area contributed by atoms with E-state index < -0.39 is 6.23 Å². The van der Waals surface area contributed by atoms with Crippen molar-refractivity contribution in [3.63, 3.8) is 0 Å². The second-order valence-corrected chi connectivity index (χ2v) is 7.24. The molecule has 4 heterocycles. The molecule has 0 aliphatic rings. The van der Waals surface area contributed by atoms with Crippen LogP contribution in [0.5, 0.6) is 0 Å². The second kappa shape index (κ2) is 8.39. The van der Waals surface area contributed by atoms with Crippen molar-refractivity contribution in [1.82, 2.24) is 25.3 Å². The highest BCUT2D eigenvalue weighted by atomic mass is 32.1. The fourth-order valence-electron chi connectivity index (χ4n) is 2.85. The predicted octanol–water partition coefficient (Wildman–Crippen LogP) is 3.44. The molecule has 0 spiro atoms. The number of rotatable bonds is 7. The minimum Gasteiger partial charge on any atom is -0.373 e. The first kappa shape index (κ1) is 18.4. The smallest absolute Gasteiger partial charge is 0.224 e. The number of hydrogen-bond acceptors (Lipinski definition) is 8. The molecule has 0 fully saturated rings. The van der Waals surface area contributed by atoms with Gasteiger partial charge < -0.3 is 10.4 Å². The van der Waals surface area contributed by atoms with Gasteiger partial charge in [-0.2, -0.15) is 0 Å². The van der Waals surface area contributed by atoms with Gasteiger partial charge in [-0.05, 0) is 42.1 Å². The summed E-state index contributed by atoms with van der Waals surface area (Å²) in [4.78, 5) is 17.6. The molecule has 1 unspecified atom stereocenters. The van der Waals surface area contributed by atoms with E-state index in [1.54, 1.807) is 12.4 Å². The summed E-state index contributed by atoms with van der Waals surface area (Å²) in [5, 5.41) is 19.0. The van der Waals surface area contributed by atoms with Crippen LogP contribution in [0.15, 0.2) is 60.4 Å². The molecule has 142 valence electrons. The minimum atomic E-state index is -0.930. The van der Waals surface area contributed by atoms with Crippen LogP contribution in [0.2, 0.25) is 0 Å². The SMILES string of the molecule is C[C@H](Nc1nc(C(O)NCc2ccccn2)c2sccc2n1)c1cccnc1. The summed E-state index contributed by atoms with van der Waals surface area (Å²) in [6, 6.07) is 11.5. The van der Waals surface area contributed by atoms with Crippen molar-refractivity contribution < 1.29 is 5.11 Å². The molecule has 8 heteroatoms. The van der Waals surface area contributed by atoms with Crippen LogP contribution in [-0.4, -0.2) is 25.0 Å². The maximum Gasteiger partial charge on any atom is 0.224 e. The molecule has 4 rings (SSSR count). The third-order valence-corrected chi connectivity index (χ3v) is 5.25. The first-order valence-corrected chi connectivity index (χ1v) is 9.81. The zero-order chi connectivity index (χ0) is 19.3. The fourth-order valence-corrected chi connectivity index (χ4v) is 3.69. The number of thiophene rings is 1. The van der Waals surface area contributed by atoms with Gasteiger partial charge in [0.2, 0.25) is 5.95 Å². The van der Waals surface area contributed by atoms with Gasteiger partial charge in [0.25, 0.3) is 0 Å². The van der Waals surface area contributed by atoms with Crippen LogP contribution in [0.25, 0.3) is 10.2 Å². The first-order valence-electron chi connectivity index (χ1n) is 8.93. The highest BCUT2D eigenvalue weighted by Crippen LogP contribution is 2.28. The van der Waals surface area contributed by atoms with Gasteiger partial charge in [-0.3, -0.25) is 15.3 Å². The highest BCUT2D eigenvalue weighted by molar-refractivity contribution is 7.17. The van der Waals surface area contributed by atoms with E-state index >= 15 is 0 Å². The molecule has 4 aromatic heterocycles. The lowest BCUT2D eigenvalue weighted by Crippen LogP contribution is -2.23. The van der Waals surface area contributed by atoms with Crippen molar-refractivity contribution in [2.45, 2.75) is 25.7 Å². The topological polar surface area (TPSA) is 95.9 Å². The van der Waals surface area contributed by atoms with Crippen molar-refractivity contribution in [1.29, 1.82) is 0 Å². The number of pyridine rings is 2. The summed E-state index contributed by atoms with van der Waals surface area (Å²) in [7, 11) is 0. The van der Waals surface area contributed by atoms with Gasteiger partial charge in [0.15, 0.2) is 0 Å². The van der Waals surface area contributed by atoms with E-state index in [9.17, 15) is 5.11 Å². The van der Waals surface area contributed by atoms with Crippen molar-refractivity contribution in [3.8, 4) is 0 Å². The summed E-state index contributed by atoms with van der Waals surface area (Å²) in [5.74, 6) is 0.468. The molecule has 0 radical (unpaired) electrons. The van der Waals surface area contributed by atoms with E-state index in [-0.39, 0.29) is 6.04 Å². The Hall–Kier alpha value is -2.94. The molecule has 0 saturated carbocycles. The van der Waals surface area contributed by atoms with Gasteiger partial charge in [-0.15, -0.1) is 11.3 Å². The number of aliphatic hydroxyl groups is 1. The third-order valence-electron chi connectivity index (χ3n) is 4.32. The molecule has 0 aliphatic carbocycles. The molecule has 28 heavy (non-hydrogen) atoms. The van der Waals surface area contributed by atoms with Gasteiger partial charge >= 0.3 is 0 Å². The Kier molecular flexibility index (Phi) is 5.52. The Morgan fingerprint density at radius 3 is 2.82 bits per heavy atom. The number of nitrogens with zero attached hydrogens (tertiary/aromatic N) is 4. The Bertz CT molecular complexity index is 1040. The average Bonchev–Trinajstić information content (AvgIpc) is 3.21. The highest BCUT2D eigenvalue weighted by Gasteiger charge is 2.18. The van der Waals surface area contributed by atoms with E-state index in [1.807, 2.05) is 54.9 Å². The molecule has 0 aliphatic heterocycles. The molecular formula is C20H20N6OS. The van der Waals surface area contributed by atoms with Gasteiger partial charge in [-0.25, -0.2) is 9.97 Å². The summed E-state index contributed by atoms with van der Waals surface area (Å²) in [5.41, 5.74) is 3.24. The molecule has 0 aromatic carbocycles. The molecule has 3 N–H and O–H groups in total. The normalized spacial score (nSPS) is 13.4. The maximum absolute atomic E-state index is 10.7. The quantitative estimate of drug-likeness (QED) is 0.415. The second-order valence-electron chi connectivity index (χ2n) is 6.32. The van der Waals surface area contributed by atoms with Crippen LogP contribution in [0, 0.1) is 0 Å². The van der Waals surface area contributed by atoms with Crippen LogP contribution in [0.4, 0.5) is 5.95 Å². The Labute approximate surface area is 166 Å². The van der Waals surface area contributed by atoms with Crippen LogP contribution in [0.1, 0.15) is 36.1 Å². The number of hydrogen-bond donors (Lipinski definition) is 3. The van der Waals surface area contributed by atoms with Crippen molar-refractivity contribution in [3.05, 3.63) is 77.3 Å². The Balaban J connectivity index is 1.56. The molecule has 0 saturated heterocycles. The Morgan fingerprint density at radius 1 is 1.11 bits per heavy atom. The maximum atomic E-state index is 10.7. The molecule has 0 bridgehead atoms. The van der Waals surface area contributed by atoms with Crippen molar-refractivity contribution in [2.24, 2.45) is 0 Å². The molecule has 0 amide bonds. The summed E-state index contributed by atoms with van der Waals surface area (Å²) >= 11 is 1.51. The third kappa shape index (κ3) is 4.14. The number of aliphatic hydroxyl groups excluding tert-OH is 1. The lowest BCUT2D eigenvalue weighted by Gasteiger charge is -2.17. The summed E-state index contributed by atoms with van der Waals surface area (Å²) < 4.78 is 0.862. The average molecular weight is 392 g/mol. The van der Waals surface area contributed by atoms with Gasteiger partial charge in [0.05, 0.1) is 22.0 Å². The van der Waals surface area contributed by atoms with Crippen LogP contribution in [-0.2, 0) is 6.54 Å². The van der Waals surface area contributed by atoms with Crippen LogP contribution >= 0.6 is 11.3 Å². The van der Waals surface area contributed by atoms with Gasteiger partial charge in [0.1, 0.15) is 11.9 Å². The lowest BCUT2D eigenvalue weighted by molar-refractivity contribution is 0.134. The zero-order valence-corrected chi connectivity index (χ0v) is 16.1. The van der Waals surface area contributed by atoms with E-state index in [0.717, 1.165) is 21.5 Å². The molecule has 2 atom stereocenters. The van der Waals surface area contributed by atoms with E-state index in [1.165, 1.54) is 11.3 Å². The standard InChI is InChI=1S/C20H20N6OS/c1-13(14-5-4-8-21-11-14)24-20-25-16-7-10-28-18(16)17(26-20)19(27)23-12-15-6-2-3-9-22-15/h2-11,13,19,23,27H,12H2,1H3,(H,24,25,26)/t13-,19?/m0/s1. The van der Waals surface area contributed by atoms with E-state index in [0.29, 0.717) is 18.2 Å². The van der Waals surface area contributed by atoms with E-state index in [4.69, 9.17) is 0 Å². The fraction of sp³-hybridized carbons (Fsp3) is 0.200.